The molecule has 0 spiro atoms. The van der Waals surface area contributed by atoms with E-state index in [1.807, 2.05) is 26.0 Å². The average Bonchev–Trinajstić information content (AvgIpc) is 2.92. The maximum absolute atomic E-state index is 12.8. The van der Waals surface area contributed by atoms with Gasteiger partial charge in [0.2, 0.25) is 0 Å². The minimum absolute atomic E-state index is 0.162. The third-order valence-electron chi connectivity index (χ3n) is 4.29. The van der Waals surface area contributed by atoms with Crippen LogP contribution in [0.2, 0.25) is 0 Å². The Morgan fingerprint density at radius 2 is 1.84 bits per heavy atom. The fourth-order valence-electron chi connectivity index (χ4n) is 2.88. The van der Waals surface area contributed by atoms with Crippen LogP contribution in [0.1, 0.15) is 59.6 Å². The van der Waals surface area contributed by atoms with Crippen molar-refractivity contribution in [3.8, 4) is 0 Å². The quantitative estimate of drug-likeness (QED) is 0.799. The van der Waals surface area contributed by atoms with E-state index in [2.05, 4.69) is 24.4 Å². The number of rotatable bonds is 7. The number of benzene rings is 1. The Morgan fingerprint density at radius 1 is 1.20 bits per heavy atom. The Morgan fingerprint density at radius 3 is 2.36 bits per heavy atom. The summed E-state index contributed by atoms with van der Waals surface area (Å²) < 4.78 is 5.26. The van der Waals surface area contributed by atoms with Gasteiger partial charge in [-0.25, -0.2) is 0 Å². The monoisotopic (exact) mass is 343 g/mol. The molecule has 0 saturated carbocycles. The first kappa shape index (κ1) is 18.8. The SMILES string of the molecule is CCc1ccc(C(NC(=O)c2c(C)coc2CC(=O)O)C(C)C)cc1. The van der Waals surface area contributed by atoms with Crippen molar-refractivity contribution in [3.05, 3.63) is 58.5 Å². The van der Waals surface area contributed by atoms with Crippen LogP contribution in [0.5, 0.6) is 0 Å². The number of furan rings is 1. The summed E-state index contributed by atoms with van der Waals surface area (Å²) in [7, 11) is 0. The van der Waals surface area contributed by atoms with E-state index < -0.39 is 5.97 Å². The van der Waals surface area contributed by atoms with E-state index in [9.17, 15) is 9.59 Å². The van der Waals surface area contributed by atoms with Gasteiger partial charge in [0.05, 0.1) is 17.9 Å². The second-order valence-electron chi connectivity index (χ2n) is 6.58. The largest absolute Gasteiger partial charge is 0.481 e. The second kappa shape index (κ2) is 8.01. The second-order valence-corrected chi connectivity index (χ2v) is 6.58. The number of aryl methyl sites for hydroxylation is 2. The van der Waals surface area contributed by atoms with E-state index in [1.165, 1.54) is 11.8 Å². The Balaban J connectivity index is 2.26. The lowest BCUT2D eigenvalue weighted by Gasteiger charge is -2.23. The molecule has 0 fully saturated rings. The molecule has 2 rings (SSSR count). The maximum Gasteiger partial charge on any atom is 0.311 e. The zero-order valence-electron chi connectivity index (χ0n) is 15.1. The fraction of sp³-hybridized carbons (Fsp3) is 0.400. The minimum Gasteiger partial charge on any atom is -0.481 e. The van der Waals surface area contributed by atoms with Gasteiger partial charge in [-0.05, 0) is 30.4 Å². The number of hydrogen-bond acceptors (Lipinski definition) is 3. The maximum atomic E-state index is 12.8. The van der Waals surface area contributed by atoms with Gasteiger partial charge in [-0.15, -0.1) is 0 Å². The van der Waals surface area contributed by atoms with Crippen molar-refractivity contribution in [3.63, 3.8) is 0 Å². The summed E-state index contributed by atoms with van der Waals surface area (Å²) in [6, 6.07) is 8.03. The van der Waals surface area contributed by atoms with Gasteiger partial charge < -0.3 is 14.8 Å². The number of carbonyl (C=O) groups excluding carboxylic acids is 1. The third kappa shape index (κ3) is 4.50. The number of aliphatic carboxylic acids is 1. The first-order valence-corrected chi connectivity index (χ1v) is 8.51. The van der Waals surface area contributed by atoms with Crippen LogP contribution >= 0.6 is 0 Å². The standard InChI is InChI=1S/C20H25NO4/c1-5-14-6-8-15(9-7-14)19(12(2)3)21-20(24)18-13(4)11-25-16(18)10-17(22)23/h6-9,11-12,19H,5,10H2,1-4H3,(H,21,24)(H,22,23). The lowest BCUT2D eigenvalue weighted by Crippen LogP contribution is -2.32. The molecule has 1 unspecified atom stereocenters. The summed E-state index contributed by atoms with van der Waals surface area (Å²) in [6.45, 7) is 7.92. The minimum atomic E-state index is -1.03. The molecule has 1 aromatic carbocycles. The van der Waals surface area contributed by atoms with E-state index in [-0.39, 0.29) is 30.0 Å². The molecule has 5 heteroatoms. The molecule has 2 aromatic rings. The van der Waals surface area contributed by atoms with Crippen LogP contribution in [0.25, 0.3) is 0 Å². The van der Waals surface area contributed by atoms with Gasteiger partial charge in [0.25, 0.3) is 5.91 Å². The van der Waals surface area contributed by atoms with Crippen LogP contribution in [-0.4, -0.2) is 17.0 Å². The van der Waals surface area contributed by atoms with Crippen molar-refractivity contribution in [2.24, 2.45) is 5.92 Å². The molecule has 0 aliphatic heterocycles. The van der Waals surface area contributed by atoms with E-state index in [0.717, 1.165) is 12.0 Å². The predicted octanol–water partition coefficient (Wildman–Crippen LogP) is 3.90. The van der Waals surface area contributed by atoms with Gasteiger partial charge in [0, 0.05) is 5.56 Å². The summed E-state index contributed by atoms with van der Waals surface area (Å²) in [5.74, 6) is -0.961. The number of amides is 1. The van der Waals surface area contributed by atoms with Gasteiger partial charge in [-0.2, -0.15) is 0 Å². The summed E-state index contributed by atoms with van der Waals surface area (Å²) in [5, 5.41) is 12.0. The average molecular weight is 343 g/mol. The summed E-state index contributed by atoms with van der Waals surface area (Å²) in [4.78, 5) is 23.7. The Bertz CT molecular complexity index is 744. The van der Waals surface area contributed by atoms with Crippen molar-refractivity contribution in [2.45, 2.75) is 46.6 Å². The smallest absolute Gasteiger partial charge is 0.311 e. The molecule has 0 radical (unpaired) electrons. The van der Waals surface area contributed by atoms with Crippen molar-refractivity contribution < 1.29 is 19.1 Å². The van der Waals surface area contributed by atoms with Crippen LogP contribution < -0.4 is 5.32 Å². The molecule has 0 aliphatic rings. The number of carbonyl (C=O) groups is 2. The molecule has 2 N–H and O–H groups in total. The number of carboxylic acid groups (broad SMARTS) is 1. The molecule has 5 nitrogen and oxygen atoms in total. The molecular weight excluding hydrogens is 318 g/mol. The molecule has 0 aliphatic carbocycles. The number of hydrogen-bond donors (Lipinski definition) is 2. The molecule has 25 heavy (non-hydrogen) atoms. The molecule has 1 atom stereocenters. The third-order valence-corrected chi connectivity index (χ3v) is 4.29. The topological polar surface area (TPSA) is 79.5 Å². The van der Waals surface area contributed by atoms with Gasteiger partial charge >= 0.3 is 5.97 Å². The highest BCUT2D eigenvalue weighted by atomic mass is 16.4. The van der Waals surface area contributed by atoms with Crippen LogP contribution in [-0.2, 0) is 17.6 Å². The molecule has 1 amide bonds. The number of nitrogens with one attached hydrogen (secondary N) is 1. The Kier molecular flexibility index (Phi) is 6.02. The molecule has 0 bridgehead atoms. The molecule has 1 heterocycles. The van der Waals surface area contributed by atoms with Gasteiger partial charge in [0.1, 0.15) is 12.2 Å². The van der Waals surface area contributed by atoms with Crippen molar-refractivity contribution >= 4 is 11.9 Å². The molecular formula is C20H25NO4. The molecule has 134 valence electrons. The number of carboxylic acids is 1. The van der Waals surface area contributed by atoms with Crippen molar-refractivity contribution in [2.75, 3.05) is 0 Å². The van der Waals surface area contributed by atoms with Crippen molar-refractivity contribution in [1.29, 1.82) is 0 Å². The van der Waals surface area contributed by atoms with Crippen molar-refractivity contribution in [1.82, 2.24) is 5.32 Å². The van der Waals surface area contributed by atoms with Crippen LogP contribution in [0.4, 0.5) is 0 Å². The molecule has 0 saturated heterocycles. The first-order chi connectivity index (χ1) is 11.8. The fourth-order valence-corrected chi connectivity index (χ4v) is 2.88. The highest BCUT2D eigenvalue weighted by Crippen LogP contribution is 2.25. The normalized spacial score (nSPS) is 12.2. The van der Waals surface area contributed by atoms with E-state index in [0.29, 0.717) is 11.1 Å². The van der Waals surface area contributed by atoms with Crippen LogP contribution in [0.3, 0.4) is 0 Å². The summed E-state index contributed by atoms with van der Waals surface area (Å²) in [5.41, 5.74) is 3.23. The van der Waals surface area contributed by atoms with Gasteiger partial charge in [-0.3, -0.25) is 9.59 Å². The molecule has 1 aromatic heterocycles. The Hall–Kier alpha value is -2.56. The van der Waals surface area contributed by atoms with Crippen LogP contribution in [0, 0.1) is 12.8 Å². The summed E-state index contributed by atoms with van der Waals surface area (Å²) >= 11 is 0. The van der Waals surface area contributed by atoms with Gasteiger partial charge in [-0.1, -0.05) is 45.0 Å². The lowest BCUT2D eigenvalue weighted by molar-refractivity contribution is -0.136. The van der Waals surface area contributed by atoms with E-state index >= 15 is 0 Å². The zero-order valence-corrected chi connectivity index (χ0v) is 15.1. The first-order valence-electron chi connectivity index (χ1n) is 8.51. The lowest BCUT2D eigenvalue weighted by atomic mass is 9.94. The summed E-state index contributed by atoms with van der Waals surface area (Å²) in [6.07, 6.45) is 2.08. The zero-order chi connectivity index (χ0) is 18.6. The van der Waals surface area contributed by atoms with E-state index in [4.69, 9.17) is 9.52 Å². The predicted molar refractivity (Wildman–Crippen MR) is 95.7 cm³/mol. The Labute approximate surface area is 148 Å². The van der Waals surface area contributed by atoms with E-state index in [1.54, 1.807) is 6.92 Å². The highest BCUT2D eigenvalue weighted by molar-refractivity contribution is 5.97. The van der Waals surface area contributed by atoms with Gasteiger partial charge in [0.15, 0.2) is 0 Å². The highest BCUT2D eigenvalue weighted by Gasteiger charge is 2.24. The van der Waals surface area contributed by atoms with Crippen LogP contribution in [0.15, 0.2) is 34.9 Å².